The molecule has 34 heavy (non-hydrogen) atoms. The molecule has 0 N–H and O–H groups in total. The number of carbonyl (C=O) groups excluding carboxylic acids is 3. The molecule has 2 rings (SSSR count). The summed E-state index contributed by atoms with van der Waals surface area (Å²) < 4.78 is 53.4. The van der Waals surface area contributed by atoms with Crippen LogP contribution in [0.5, 0.6) is 5.75 Å². The molecule has 1 aromatic heterocycles. The molecule has 1 aromatic carbocycles. The minimum absolute atomic E-state index is 0.0130. The van der Waals surface area contributed by atoms with Crippen molar-refractivity contribution in [2.45, 2.75) is 59.4 Å². The lowest BCUT2D eigenvalue weighted by Gasteiger charge is -2.11. The molecule has 0 unspecified atom stereocenters. The smallest absolute Gasteiger partial charge is 0.392 e. The fourth-order valence-corrected chi connectivity index (χ4v) is 3.78. The molecule has 2 aromatic rings. The number of halogens is 3. The van der Waals surface area contributed by atoms with E-state index in [1.54, 1.807) is 33.8 Å². The maximum Gasteiger partial charge on any atom is 0.392 e. The van der Waals surface area contributed by atoms with Gasteiger partial charge >= 0.3 is 24.1 Å². The standard InChI is InChI=1S/C24H25F3O6S/c1-13(2)31-22(29)19-15(5)18(20(34-19)23(30)32-14(3)4)33-21(28)17-11-7-6-9-16(17)10-8-12-24(25,26)27/h6-11,13-14H,12H2,1-5H3. The molecule has 6 nitrogen and oxygen atoms in total. The number of hydrogen-bond donors (Lipinski definition) is 0. The molecule has 0 atom stereocenters. The molecule has 0 amide bonds. The highest BCUT2D eigenvalue weighted by molar-refractivity contribution is 7.16. The summed E-state index contributed by atoms with van der Waals surface area (Å²) in [5.41, 5.74) is 0.404. The molecule has 0 aliphatic carbocycles. The number of hydrogen-bond acceptors (Lipinski definition) is 7. The van der Waals surface area contributed by atoms with Gasteiger partial charge in [-0.3, -0.25) is 0 Å². The first-order valence-electron chi connectivity index (χ1n) is 10.4. The SMILES string of the molecule is Cc1c(C(=O)OC(C)C)sc(C(=O)OC(C)C)c1OC(=O)c1ccccc1C=CCC(F)(F)F. The van der Waals surface area contributed by atoms with Crippen LogP contribution >= 0.6 is 11.3 Å². The van der Waals surface area contributed by atoms with Gasteiger partial charge in [0.25, 0.3) is 0 Å². The van der Waals surface area contributed by atoms with E-state index in [2.05, 4.69) is 0 Å². The third-order valence-electron chi connectivity index (χ3n) is 4.17. The number of allylic oxidation sites excluding steroid dienone is 1. The lowest BCUT2D eigenvalue weighted by atomic mass is 10.1. The first-order chi connectivity index (χ1) is 15.8. The highest BCUT2D eigenvalue weighted by Gasteiger charge is 2.30. The van der Waals surface area contributed by atoms with E-state index in [0.29, 0.717) is 0 Å². The average Bonchev–Trinajstić information content (AvgIpc) is 3.03. The molecule has 0 aliphatic rings. The Labute approximate surface area is 199 Å². The summed E-state index contributed by atoms with van der Waals surface area (Å²) in [5, 5.41) is 0. The fraction of sp³-hybridized carbons (Fsp3) is 0.375. The van der Waals surface area contributed by atoms with Gasteiger partial charge in [0.15, 0.2) is 10.6 Å². The van der Waals surface area contributed by atoms with Crippen molar-refractivity contribution >= 4 is 35.3 Å². The van der Waals surface area contributed by atoms with Crippen molar-refractivity contribution in [2.75, 3.05) is 0 Å². The van der Waals surface area contributed by atoms with E-state index in [1.165, 1.54) is 31.2 Å². The summed E-state index contributed by atoms with van der Waals surface area (Å²) in [6, 6.07) is 5.93. The molecule has 0 saturated carbocycles. The Balaban J connectivity index is 2.44. The monoisotopic (exact) mass is 498 g/mol. The Morgan fingerprint density at radius 3 is 2.06 bits per heavy atom. The average molecular weight is 499 g/mol. The van der Waals surface area contributed by atoms with Gasteiger partial charge in [0.2, 0.25) is 0 Å². The molecule has 0 bridgehead atoms. The van der Waals surface area contributed by atoms with E-state index in [1.807, 2.05) is 0 Å². The van der Waals surface area contributed by atoms with Gasteiger partial charge in [-0.15, -0.1) is 11.3 Å². The molecule has 0 spiro atoms. The first-order valence-corrected chi connectivity index (χ1v) is 11.2. The number of rotatable bonds is 8. The second-order valence-corrected chi connectivity index (χ2v) is 8.84. The van der Waals surface area contributed by atoms with E-state index in [4.69, 9.17) is 14.2 Å². The van der Waals surface area contributed by atoms with Crippen LogP contribution in [0.25, 0.3) is 6.08 Å². The number of thiophene rings is 1. The summed E-state index contributed by atoms with van der Waals surface area (Å²) in [6.07, 6.45) is -4.36. The van der Waals surface area contributed by atoms with Gasteiger partial charge in [-0.05, 0) is 46.2 Å². The van der Waals surface area contributed by atoms with Crippen LogP contribution in [0.3, 0.4) is 0 Å². The Hall–Kier alpha value is -3.14. The third-order valence-corrected chi connectivity index (χ3v) is 5.40. The summed E-state index contributed by atoms with van der Waals surface area (Å²) >= 11 is 0.779. The molecule has 1 heterocycles. The minimum Gasteiger partial charge on any atom is -0.459 e. The number of ether oxygens (including phenoxy) is 3. The maximum absolute atomic E-state index is 13.0. The van der Waals surface area contributed by atoms with Gasteiger partial charge < -0.3 is 14.2 Å². The van der Waals surface area contributed by atoms with Crippen LogP contribution in [0.2, 0.25) is 0 Å². The topological polar surface area (TPSA) is 78.9 Å². The molecule has 0 aliphatic heterocycles. The lowest BCUT2D eigenvalue weighted by molar-refractivity contribution is -0.124. The van der Waals surface area contributed by atoms with Crippen LogP contribution < -0.4 is 4.74 Å². The molecular weight excluding hydrogens is 473 g/mol. The van der Waals surface area contributed by atoms with Crippen LogP contribution in [-0.2, 0) is 9.47 Å². The summed E-state index contributed by atoms with van der Waals surface area (Å²) in [7, 11) is 0. The van der Waals surface area contributed by atoms with Gasteiger partial charge in [0.05, 0.1) is 24.2 Å². The number of carbonyl (C=O) groups is 3. The van der Waals surface area contributed by atoms with E-state index in [-0.39, 0.29) is 32.2 Å². The van der Waals surface area contributed by atoms with Crippen LogP contribution in [0.15, 0.2) is 30.3 Å². The largest absolute Gasteiger partial charge is 0.459 e. The fourth-order valence-electron chi connectivity index (χ4n) is 2.78. The zero-order chi connectivity index (χ0) is 25.6. The molecule has 0 radical (unpaired) electrons. The normalized spacial score (nSPS) is 11.8. The molecule has 184 valence electrons. The van der Waals surface area contributed by atoms with Crippen LogP contribution in [0, 0.1) is 6.92 Å². The van der Waals surface area contributed by atoms with Gasteiger partial charge in [0, 0.05) is 5.56 Å². The quantitative estimate of drug-likeness (QED) is 0.394. The van der Waals surface area contributed by atoms with Crippen LogP contribution in [0.4, 0.5) is 13.2 Å². The van der Waals surface area contributed by atoms with Crippen molar-refractivity contribution in [3.63, 3.8) is 0 Å². The first kappa shape index (κ1) is 27.1. The van der Waals surface area contributed by atoms with Crippen molar-refractivity contribution in [2.24, 2.45) is 0 Å². The summed E-state index contributed by atoms with van der Waals surface area (Å²) in [4.78, 5) is 38.1. The van der Waals surface area contributed by atoms with E-state index in [0.717, 1.165) is 17.4 Å². The Kier molecular flexibility index (Phi) is 9.03. The highest BCUT2D eigenvalue weighted by atomic mass is 32.1. The maximum atomic E-state index is 13.0. The zero-order valence-electron chi connectivity index (χ0n) is 19.3. The molecular formula is C24H25F3O6S. The minimum atomic E-state index is -4.38. The van der Waals surface area contributed by atoms with E-state index in [9.17, 15) is 27.6 Å². The Morgan fingerprint density at radius 1 is 0.941 bits per heavy atom. The predicted molar refractivity (Wildman–Crippen MR) is 121 cm³/mol. The molecule has 0 saturated heterocycles. The van der Waals surface area contributed by atoms with Gasteiger partial charge in [-0.1, -0.05) is 30.4 Å². The van der Waals surface area contributed by atoms with Gasteiger partial charge in [0.1, 0.15) is 4.88 Å². The third kappa shape index (κ3) is 7.44. The van der Waals surface area contributed by atoms with Gasteiger partial charge in [-0.25, -0.2) is 14.4 Å². The lowest BCUT2D eigenvalue weighted by Crippen LogP contribution is -2.15. The van der Waals surface area contributed by atoms with Crippen molar-refractivity contribution in [1.82, 2.24) is 0 Å². The van der Waals surface area contributed by atoms with Crippen molar-refractivity contribution < 1.29 is 41.8 Å². The Bertz CT molecular complexity index is 1080. The van der Waals surface area contributed by atoms with Crippen LogP contribution in [-0.4, -0.2) is 36.3 Å². The van der Waals surface area contributed by atoms with Crippen molar-refractivity contribution in [1.29, 1.82) is 0 Å². The second-order valence-electron chi connectivity index (χ2n) is 7.82. The van der Waals surface area contributed by atoms with Crippen LogP contribution in [0.1, 0.15) is 74.9 Å². The Morgan fingerprint density at radius 2 is 1.50 bits per heavy atom. The number of esters is 3. The zero-order valence-corrected chi connectivity index (χ0v) is 20.1. The van der Waals surface area contributed by atoms with Crippen molar-refractivity contribution in [3.8, 4) is 5.75 Å². The van der Waals surface area contributed by atoms with E-state index < -0.39 is 42.7 Å². The highest BCUT2D eigenvalue weighted by Crippen LogP contribution is 2.37. The van der Waals surface area contributed by atoms with Gasteiger partial charge in [-0.2, -0.15) is 13.2 Å². The second kappa shape index (κ2) is 11.3. The number of benzene rings is 1. The molecule has 0 fully saturated rings. The molecule has 10 heteroatoms. The predicted octanol–water partition coefficient (Wildman–Crippen LogP) is 6.37. The van der Waals surface area contributed by atoms with Crippen molar-refractivity contribution in [3.05, 3.63) is 56.8 Å². The summed E-state index contributed by atoms with van der Waals surface area (Å²) in [5.74, 6) is -2.54. The summed E-state index contributed by atoms with van der Waals surface area (Å²) in [6.45, 7) is 8.11. The van der Waals surface area contributed by atoms with E-state index >= 15 is 0 Å². The number of alkyl halides is 3.